The van der Waals surface area contributed by atoms with Gasteiger partial charge in [-0.05, 0) is 123 Å². The van der Waals surface area contributed by atoms with Gasteiger partial charge in [-0.2, -0.15) is 26.3 Å². The summed E-state index contributed by atoms with van der Waals surface area (Å²) in [4.78, 5) is 25.2. The first-order chi connectivity index (χ1) is 33.7. The van der Waals surface area contributed by atoms with Crippen LogP contribution in [0.5, 0.6) is 0 Å². The molecule has 11 heteroatoms. The van der Waals surface area contributed by atoms with Crippen molar-refractivity contribution in [3.8, 4) is 52.6 Å². The summed E-state index contributed by atoms with van der Waals surface area (Å²) in [5.41, 5.74) is 7.50. The zero-order valence-electron chi connectivity index (χ0n) is 36.1. The first-order valence-electron chi connectivity index (χ1n) is 20.8. The molecule has 2 aliphatic rings. The fourth-order valence-electron chi connectivity index (χ4n) is 9.10. The van der Waals surface area contributed by atoms with E-state index < -0.39 is 0 Å². The second-order valence-corrected chi connectivity index (χ2v) is 15.6. The maximum absolute atomic E-state index is 11.7. The average Bonchev–Trinajstić information content (AvgIpc) is 3.91. The third kappa shape index (κ3) is 7.11. The van der Waals surface area contributed by atoms with Gasteiger partial charge in [0.1, 0.15) is 12.1 Å². The SMILES string of the molecule is [C-]#[N+]C1=C(c2ccccn2)/C(=C(/C#N)c2cc([N+]#[C-])cc([N+]#[C-])c2)c2c1c(-c1ccc(C#N)cc1)c1c(c2-c2ccc(C#N)cc2)C(C#N)=C(c2ccccn2)/C1=C(/[N+]#[C-])c1cc(C)cc(C#N)c1. The molecule has 0 spiro atoms. The van der Waals surface area contributed by atoms with Crippen LogP contribution in [0.1, 0.15) is 67.0 Å². The number of hydrogen-bond acceptors (Lipinski definition) is 7. The van der Waals surface area contributed by atoms with Crippen LogP contribution in [-0.4, -0.2) is 9.97 Å². The predicted octanol–water partition coefficient (Wildman–Crippen LogP) is 13.3. The number of aromatic nitrogens is 2. The molecule has 2 heterocycles. The number of fused-ring (bicyclic) bond motifs is 2. The van der Waals surface area contributed by atoms with Crippen LogP contribution in [0.2, 0.25) is 0 Å². The molecular weight excluding hydrogens is 851 g/mol. The molecule has 0 amide bonds. The normalized spacial score (nSPS) is 13.4. The molecule has 0 atom stereocenters. The molecule has 0 aliphatic heterocycles. The van der Waals surface area contributed by atoms with E-state index in [2.05, 4.69) is 49.7 Å². The van der Waals surface area contributed by atoms with E-state index in [1.807, 2.05) is 6.92 Å². The van der Waals surface area contributed by atoms with Crippen molar-refractivity contribution in [2.45, 2.75) is 6.92 Å². The zero-order valence-corrected chi connectivity index (χ0v) is 36.1. The minimum atomic E-state index is -0.00147. The Morgan fingerprint density at radius 3 is 1.52 bits per heavy atom. The summed E-state index contributed by atoms with van der Waals surface area (Å²) >= 11 is 0. The molecule has 7 aromatic rings. The highest BCUT2D eigenvalue weighted by atomic mass is 14.8. The van der Waals surface area contributed by atoms with E-state index in [9.17, 15) is 26.3 Å². The van der Waals surface area contributed by atoms with Gasteiger partial charge in [-0.1, -0.05) is 66.2 Å². The van der Waals surface area contributed by atoms with Crippen LogP contribution in [0.15, 0.2) is 134 Å². The lowest BCUT2D eigenvalue weighted by Gasteiger charge is -2.24. The van der Waals surface area contributed by atoms with E-state index >= 15 is 0 Å². The highest BCUT2D eigenvalue weighted by Gasteiger charge is 2.44. The maximum Gasteiger partial charge on any atom is 0.205 e. The van der Waals surface area contributed by atoms with Gasteiger partial charge < -0.3 is 0 Å². The number of nitrogens with zero attached hydrogens (tertiary/aromatic N) is 11. The van der Waals surface area contributed by atoms with Crippen molar-refractivity contribution in [3.63, 3.8) is 0 Å². The Morgan fingerprint density at radius 1 is 0.493 bits per heavy atom. The molecule has 0 unspecified atom stereocenters. The van der Waals surface area contributed by atoms with Crippen LogP contribution in [0.3, 0.4) is 0 Å². The van der Waals surface area contributed by atoms with E-state index in [1.54, 1.807) is 116 Å². The van der Waals surface area contributed by atoms with E-state index in [-0.39, 0.29) is 56.2 Å². The number of hydrogen-bond donors (Lipinski definition) is 0. The molecule has 9 rings (SSSR count). The van der Waals surface area contributed by atoms with Crippen LogP contribution in [-0.2, 0) is 0 Å². The van der Waals surface area contributed by atoms with Crippen LogP contribution in [0.4, 0.5) is 11.4 Å². The van der Waals surface area contributed by atoms with Gasteiger partial charge in [0.2, 0.25) is 11.4 Å². The number of rotatable bonds is 6. The number of aryl methyl sites for hydroxylation is 1. The topological polar surface area (TPSA) is 162 Å². The second kappa shape index (κ2) is 17.7. The molecule has 2 aromatic heterocycles. The minimum Gasteiger partial charge on any atom is -0.258 e. The Hall–Kier alpha value is -11.2. The first kappa shape index (κ1) is 43.0. The van der Waals surface area contributed by atoms with Gasteiger partial charge in [-0.3, -0.25) is 9.97 Å². The summed E-state index contributed by atoms with van der Waals surface area (Å²) in [7, 11) is 0. The number of allylic oxidation sites excluding steroid dienone is 6. The fourth-order valence-corrected chi connectivity index (χ4v) is 9.10. The van der Waals surface area contributed by atoms with E-state index in [0.29, 0.717) is 89.3 Å². The Bertz CT molecular complexity index is 3930. The smallest absolute Gasteiger partial charge is 0.205 e. The van der Waals surface area contributed by atoms with Gasteiger partial charge in [-0.25, -0.2) is 19.4 Å². The Balaban J connectivity index is 1.65. The standard InChI is InChI=1S/C58H25N11/c1-33-22-36(30-61)24-40(23-33)57(66-4)56-49(45-10-6-8-20-68-45)44(32-63)51-47(37-16-12-34(28-59)13-17-37)53-50(43(31-62)39-25-41(64-2)27-42(26-39)65-3)52(46-11-7-9-21-69-46)58(67-5)55(53)48(54(51)56)38-18-14-35(29-60)15-19-38/h6-27H,1H3/b50-43+,57-56-. The number of benzene rings is 5. The quantitative estimate of drug-likeness (QED) is 0.119. The molecule has 69 heavy (non-hydrogen) atoms. The van der Waals surface area contributed by atoms with Crippen molar-refractivity contribution in [2.24, 2.45) is 0 Å². The van der Waals surface area contributed by atoms with Crippen molar-refractivity contribution in [1.29, 1.82) is 26.3 Å². The highest BCUT2D eigenvalue weighted by Crippen LogP contribution is 2.63. The first-order valence-corrected chi connectivity index (χ1v) is 20.8. The van der Waals surface area contributed by atoms with Crippen molar-refractivity contribution < 1.29 is 0 Å². The summed E-state index contributed by atoms with van der Waals surface area (Å²) in [5, 5.41) is 53.5. The maximum atomic E-state index is 11.7. The molecular formula is C58H25N11. The van der Waals surface area contributed by atoms with E-state index in [1.165, 1.54) is 18.2 Å². The van der Waals surface area contributed by atoms with Crippen LogP contribution in [0.25, 0.3) is 86.5 Å². The van der Waals surface area contributed by atoms with Crippen molar-refractivity contribution in [2.75, 3.05) is 0 Å². The summed E-state index contributed by atoms with van der Waals surface area (Å²) in [6.07, 6.45) is 3.14. The molecule has 5 aromatic carbocycles. The highest BCUT2D eigenvalue weighted by molar-refractivity contribution is 6.38. The van der Waals surface area contributed by atoms with Crippen molar-refractivity contribution in [1.82, 2.24) is 9.97 Å². The van der Waals surface area contributed by atoms with Gasteiger partial charge in [-0.15, -0.1) is 0 Å². The molecule has 0 N–H and O–H groups in total. The molecule has 312 valence electrons. The lowest BCUT2D eigenvalue weighted by atomic mass is 9.78. The molecule has 11 nitrogen and oxygen atoms in total. The lowest BCUT2D eigenvalue weighted by Crippen LogP contribution is -2.04. The Labute approximate surface area is 396 Å². The zero-order chi connectivity index (χ0) is 48.3. The molecule has 0 bridgehead atoms. The van der Waals surface area contributed by atoms with E-state index in [0.717, 1.165) is 0 Å². The van der Waals surface area contributed by atoms with Crippen LogP contribution < -0.4 is 0 Å². The second-order valence-electron chi connectivity index (χ2n) is 15.6. The monoisotopic (exact) mass is 875 g/mol. The molecule has 2 aliphatic carbocycles. The van der Waals surface area contributed by atoms with Gasteiger partial charge >= 0.3 is 0 Å². The van der Waals surface area contributed by atoms with Crippen molar-refractivity contribution in [3.05, 3.63) is 246 Å². The van der Waals surface area contributed by atoms with Gasteiger partial charge in [0.15, 0.2) is 11.4 Å². The summed E-state index contributed by atoms with van der Waals surface area (Å²) in [6, 6.07) is 44.8. The molecule has 0 radical (unpaired) electrons. The largest absolute Gasteiger partial charge is 0.258 e. The number of pyridine rings is 2. The van der Waals surface area contributed by atoms with Gasteiger partial charge in [0.05, 0.1) is 83.7 Å². The van der Waals surface area contributed by atoms with E-state index in [4.69, 9.17) is 36.3 Å². The molecule has 0 saturated carbocycles. The predicted molar refractivity (Wildman–Crippen MR) is 262 cm³/mol. The summed E-state index contributed by atoms with van der Waals surface area (Å²) in [6.45, 7) is 35.7. The van der Waals surface area contributed by atoms with Crippen LogP contribution in [0, 0.1) is 89.9 Å². The van der Waals surface area contributed by atoms with Crippen LogP contribution >= 0.6 is 0 Å². The Kier molecular flexibility index (Phi) is 11.1. The summed E-state index contributed by atoms with van der Waals surface area (Å²) in [5.74, 6) is 0. The lowest BCUT2D eigenvalue weighted by molar-refractivity contribution is 1.28. The van der Waals surface area contributed by atoms with Gasteiger partial charge in [0, 0.05) is 34.7 Å². The Morgan fingerprint density at radius 2 is 1.04 bits per heavy atom. The summed E-state index contributed by atoms with van der Waals surface area (Å²) < 4.78 is 0. The fraction of sp³-hybridized carbons (Fsp3) is 0.0172. The molecule has 0 fully saturated rings. The average molecular weight is 876 g/mol. The molecule has 0 saturated heterocycles. The van der Waals surface area contributed by atoms with Crippen molar-refractivity contribution >= 4 is 56.2 Å². The van der Waals surface area contributed by atoms with Gasteiger partial charge in [0.25, 0.3) is 0 Å². The third-order valence-corrected chi connectivity index (χ3v) is 11.8. The number of nitriles is 5. The third-order valence-electron chi connectivity index (χ3n) is 11.8. The minimum absolute atomic E-state index is 0.00147.